The molecule has 1 saturated heterocycles. The van der Waals surface area contributed by atoms with Crippen molar-refractivity contribution in [1.82, 2.24) is 10.2 Å². The fourth-order valence-electron chi connectivity index (χ4n) is 2.79. The summed E-state index contributed by atoms with van der Waals surface area (Å²) in [5.41, 5.74) is 0.905. The molecule has 29 heavy (non-hydrogen) atoms. The van der Waals surface area contributed by atoms with Gasteiger partial charge in [0.25, 0.3) is 11.1 Å². The second kappa shape index (κ2) is 9.38. The Hall–Kier alpha value is -3.13. The summed E-state index contributed by atoms with van der Waals surface area (Å²) >= 11 is 0.745. The Labute approximate surface area is 171 Å². The molecule has 0 saturated carbocycles. The number of imide groups is 1. The van der Waals surface area contributed by atoms with Gasteiger partial charge >= 0.3 is 0 Å². The van der Waals surface area contributed by atoms with E-state index in [0.29, 0.717) is 12.0 Å². The van der Waals surface area contributed by atoms with E-state index in [2.05, 4.69) is 5.32 Å². The smallest absolute Gasteiger partial charge is 0.293 e. The van der Waals surface area contributed by atoms with Crippen molar-refractivity contribution in [2.45, 2.75) is 12.8 Å². The van der Waals surface area contributed by atoms with Gasteiger partial charge in [0.1, 0.15) is 11.6 Å². The van der Waals surface area contributed by atoms with Crippen molar-refractivity contribution < 1.29 is 23.9 Å². The highest BCUT2D eigenvalue weighted by Crippen LogP contribution is 2.32. The van der Waals surface area contributed by atoms with Crippen molar-refractivity contribution >= 4 is 34.9 Å². The number of aromatic hydroxyl groups is 1. The first-order chi connectivity index (χ1) is 14.0. The van der Waals surface area contributed by atoms with Crippen molar-refractivity contribution in [1.29, 1.82) is 0 Å². The zero-order valence-corrected chi connectivity index (χ0v) is 16.2. The fourth-order valence-corrected chi connectivity index (χ4v) is 3.65. The number of phenolic OH excluding ortho intramolecular Hbond substituents is 1. The van der Waals surface area contributed by atoms with Gasteiger partial charge in [-0.15, -0.1) is 0 Å². The summed E-state index contributed by atoms with van der Waals surface area (Å²) in [6.07, 6.45) is 1.91. The van der Waals surface area contributed by atoms with E-state index in [9.17, 15) is 23.9 Å². The molecular formula is C21H19FN2O4S. The number of hydrogen-bond acceptors (Lipinski definition) is 5. The Bertz CT molecular complexity index is 977. The summed E-state index contributed by atoms with van der Waals surface area (Å²) in [5, 5.41) is 11.9. The molecular weight excluding hydrogens is 395 g/mol. The van der Waals surface area contributed by atoms with Crippen LogP contribution in [0.15, 0.2) is 53.4 Å². The Morgan fingerprint density at radius 2 is 1.86 bits per heavy atom. The SMILES string of the molecule is O=C(CCc1ccccc1O)NCCN1C(=O)S/C(=C\c2ccccc2F)C1=O. The lowest BCUT2D eigenvalue weighted by atomic mass is 10.1. The van der Waals surface area contributed by atoms with E-state index in [4.69, 9.17) is 0 Å². The molecule has 2 N–H and O–H groups in total. The third-order valence-corrected chi connectivity index (χ3v) is 5.24. The van der Waals surface area contributed by atoms with Gasteiger partial charge in [-0.25, -0.2) is 4.39 Å². The minimum absolute atomic E-state index is 0.0294. The van der Waals surface area contributed by atoms with E-state index < -0.39 is 17.0 Å². The van der Waals surface area contributed by atoms with E-state index in [1.807, 2.05) is 0 Å². The van der Waals surface area contributed by atoms with Crippen LogP contribution in [-0.4, -0.2) is 40.1 Å². The van der Waals surface area contributed by atoms with Gasteiger partial charge in [0.2, 0.25) is 5.91 Å². The Kier molecular flexibility index (Phi) is 6.66. The second-order valence-corrected chi connectivity index (χ2v) is 7.33. The zero-order chi connectivity index (χ0) is 20.8. The Balaban J connectivity index is 1.50. The molecule has 8 heteroatoms. The summed E-state index contributed by atoms with van der Waals surface area (Å²) in [5.74, 6) is -1.09. The molecule has 1 aliphatic heterocycles. The van der Waals surface area contributed by atoms with Crippen molar-refractivity contribution in [3.63, 3.8) is 0 Å². The molecule has 0 spiro atoms. The average Bonchev–Trinajstić information content (AvgIpc) is 2.96. The summed E-state index contributed by atoms with van der Waals surface area (Å²) in [6.45, 7) is 0.145. The van der Waals surface area contributed by atoms with Gasteiger partial charge in [-0.2, -0.15) is 0 Å². The topological polar surface area (TPSA) is 86.7 Å². The summed E-state index contributed by atoms with van der Waals surface area (Å²) in [7, 11) is 0. The van der Waals surface area contributed by atoms with Gasteiger partial charge in [-0.05, 0) is 42.0 Å². The molecule has 3 rings (SSSR count). The van der Waals surface area contributed by atoms with Gasteiger partial charge < -0.3 is 10.4 Å². The Morgan fingerprint density at radius 1 is 1.14 bits per heavy atom. The third kappa shape index (κ3) is 5.23. The predicted molar refractivity (Wildman–Crippen MR) is 109 cm³/mol. The number of benzene rings is 2. The van der Waals surface area contributed by atoms with E-state index >= 15 is 0 Å². The quantitative estimate of drug-likeness (QED) is 0.679. The summed E-state index contributed by atoms with van der Waals surface area (Å²) in [4.78, 5) is 37.6. The molecule has 0 aliphatic carbocycles. The molecule has 0 radical (unpaired) electrons. The van der Waals surface area contributed by atoms with Crippen LogP contribution < -0.4 is 5.32 Å². The first kappa shape index (κ1) is 20.6. The lowest BCUT2D eigenvalue weighted by Crippen LogP contribution is -2.37. The molecule has 0 aromatic heterocycles. The molecule has 150 valence electrons. The van der Waals surface area contributed by atoms with Crippen molar-refractivity contribution in [2.24, 2.45) is 0 Å². The number of amides is 3. The van der Waals surface area contributed by atoms with E-state index in [0.717, 1.165) is 16.7 Å². The lowest BCUT2D eigenvalue weighted by molar-refractivity contribution is -0.124. The van der Waals surface area contributed by atoms with Crippen LogP contribution in [0.5, 0.6) is 5.75 Å². The van der Waals surface area contributed by atoms with Crippen LogP contribution in [0.1, 0.15) is 17.5 Å². The van der Waals surface area contributed by atoms with Crippen LogP contribution in [0.4, 0.5) is 9.18 Å². The number of halogens is 1. The first-order valence-electron chi connectivity index (χ1n) is 8.99. The van der Waals surface area contributed by atoms with Crippen molar-refractivity contribution in [3.8, 4) is 5.75 Å². The van der Waals surface area contributed by atoms with Crippen LogP contribution >= 0.6 is 11.8 Å². The summed E-state index contributed by atoms with van der Waals surface area (Å²) < 4.78 is 13.7. The van der Waals surface area contributed by atoms with Crippen LogP contribution in [-0.2, 0) is 16.0 Å². The fraction of sp³-hybridized carbons (Fsp3) is 0.190. The van der Waals surface area contributed by atoms with Crippen LogP contribution in [0.25, 0.3) is 6.08 Å². The van der Waals surface area contributed by atoms with Gasteiger partial charge in [0.15, 0.2) is 0 Å². The number of nitrogens with one attached hydrogen (secondary N) is 1. The molecule has 1 aliphatic rings. The second-order valence-electron chi connectivity index (χ2n) is 6.33. The molecule has 0 bridgehead atoms. The number of rotatable bonds is 7. The number of para-hydroxylation sites is 1. The Morgan fingerprint density at radius 3 is 2.62 bits per heavy atom. The third-order valence-electron chi connectivity index (χ3n) is 4.34. The minimum Gasteiger partial charge on any atom is -0.508 e. The number of aryl methyl sites for hydroxylation is 1. The van der Waals surface area contributed by atoms with E-state index in [1.165, 1.54) is 18.2 Å². The molecule has 0 unspecified atom stereocenters. The molecule has 1 heterocycles. The predicted octanol–water partition coefficient (Wildman–Crippen LogP) is 3.32. The van der Waals surface area contributed by atoms with Crippen LogP contribution in [0.2, 0.25) is 0 Å². The van der Waals surface area contributed by atoms with Crippen molar-refractivity contribution in [3.05, 3.63) is 70.4 Å². The highest BCUT2D eigenvalue weighted by molar-refractivity contribution is 8.18. The van der Waals surface area contributed by atoms with Gasteiger partial charge in [0.05, 0.1) is 4.91 Å². The monoisotopic (exact) mass is 414 g/mol. The van der Waals surface area contributed by atoms with Gasteiger partial charge in [-0.3, -0.25) is 19.3 Å². The molecule has 0 atom stereocenters. The maximum absolute atomic E-state index is 13.7. The highest BCUT2D eigenvalue weighted by Gasteiger charge is 2.34. The molecule has 3 amide bonds. The average molecular weight is 414 g/mol. The summed E-state index contributed by atoms with van der Waals surface area (Å²) in [6, 6.07) is 12.8. The van der Waals surface area contributed by atoms with Crippen LogP contribution in [0, 0.1) is 5.82 Å². The minimum atomic E-state index is -0.508. The number of hydrogen-bond donors (Lipinski definition) is 2. The maximum atomic E-state index is 13.7. The highest BCUT2D eigenvalue weighted by atomic mass is 32.2. The van der Waals surface area contributed by atoms with Gasteiger partial charge in [0, 0.05) is 25.1 Å². The number of phenols is 1. The number of carbonyl (C=O) groups is 3. The van der Waals surface area contributed by atoms with Crippen molar-refractivity contribution in [2.75, 3.05) is 13.1 Å². The molecule has 2 aromatic carbocycles. The van der Waals surface area contributed by atoms with E-state index in [-0.39, 0.29) is 41.6 Å². The standard InChI is InChI=1S/C21H19FN2O4S/c22-16-7-3-1-6-15(16)13-18-20(27)24(21(28)29-18)12-11-23-19(26)10-9-14-5-2-4-8-17(14)25/h1-8,13,25H,9-12H2,(H,23,26)/b18-13-. The van der Waals surface area contributed by atoms with E-state index in [1.54, 1.807) is 36.4 Å². The molecule has 1 fully saturated rings. The first-order valence-corrected chi connectivity index (χ1v) is 9.81. The lowest BCUT2D eigenvalue weighted by Gasteiger charge is -2.13. The molecule has 2 aromatic rings. The number of thioether (sulfide) groups is 1. The number of carbonyl (C=O) groups excluding carboxylic acids is 3. The zero-order valence-electron chi connectivity index (χ0n) is 15.4. The number of nitrogens with zero attached hydrogens (tertiary/aromatic N) is 1. The van der Waals surface area contributed by atoms with Gasteiger partial charge in [-0.1, -0.05) is 36.4 Å². The normalized spacial score (nSPS) is 15.2. The van der Waals surface area contributed by atoms with Crippen LogP contribution in [0.3, 0.4) is 0 Å². The largest absolute Gasteiger partial charge is 0.508 e. The molecule has 6 nitrogen and oxygen atoms in total. The maximum Gasteiger partial charge on any atom is 0.293 e.